The van der Waals surface area contributed by atoms with Crippen LogP contribution < -0.4 is 15.4 Å². The Hall–Kier alpha value is -3.04. The maximum atomic E-state index is 12.6. The van der Waals surface area contributed by atoms with Crippen molar-refractivity contribution < 1.29 is 22.7 Å². The number of nitrogens with one attached hydrogen (secondary N) is 2. The Morgan fingerprint density at radius 3 is 2.55 bits per heavy atom. The molecule has 9 heteroatoms. The Labute approximate surface area is 164 Å². The molecule has 1 saturated heterocycles. The van der Waals surface area contributed by atoms with Crippen molar-refractivity contribution in [3.8, 4) is 11.6 Å². The number of rotatable bonds is 4. The first-order valence-corrected chi connectivity index (χ1v) is 9.03. The molecular formula is C20H17F3N4O2. The Morgan fingerprint density at radius 1 is 1.07 bits per heavy atom. The first-order chi connectivity index (χ1) is 13.9. The molecule has 1 aliphatic heterocycles. The summed E-state index contributed by atoms with van der Waals surface area (Å²) in [5.74, 6) is 0.327. The van der Waals surface area contributed by atoms with Gasteiger partial charge in [0.15, 0.2) is 0 Å². The van der Waals surface area contributed by atoms with Gasteiger partial charge in [-0.15, -0.1) is 0 Å². The second kappa shape index (κ2) is 7.76. The van der Waals surface area contributed by atoms with Crippen molar-refractivity contribution in [3.63, 3.8) is 0 Å². The van der Waals surface area contributed by atoms with Crippen LogP contribution in [0.4, 0.5) is 13.2 Å². The van der Waals surface area contributed by atoms with Crippen LogP contribution in [0.3, 0.4) is 0 Å². The van der Waals surface area contributed by atoms with Crippen molar-refractivity contribution in [1.82, 2.24) is 20.6 Å². The van der Waals surface area contributed by atoms with Crippen LogP contribution in [0, 0.1) is 0 Å². The van der Waals surface area contributed by atoms with Crippen molar-refractivity contribution in [1.29, 1.82) is 0 Å². The number of carbonyl (C=O) groups is 1. The van der Waals surface area contributed by atoms with Gasteiger partial charge in [0.25, 0.3) is 0 Å². The number of hydrogen-bond donors (Lipinski definition) is 2. The lowest BCUT2D eigenvalue weighted by atomic mass is 10.1. The second-order valence-electron chi connectivity index (χ2n) is 6.59. The van der Waals surface area contributed by atoms with E-state index in [0.29, 0.717) is 17.0 Å². The van der Waals surface area contributed by atoms with Crippen LogP contribution in [0.25, 0.3) is 10.9 Å². The highest BCUT2D eigenvalue weighted by Gasteiger charge is 2.30. The molecule has 0 saturated carbocycles. The van der Waals surface area contributed by atoms with E-state index in [9.17, 15) is 18.0 Å². The van der Waals surface area contributed by atoms with Crippen LogP contribution in [0.5, 0.6) is 11.6 Å². The van der Waals surface area contributed by atoms with Gasteiger partial charge in [-0.2, -0.15) is 13.2 Å². The molecule has 2 aromatic heterocycles. The zero-order chi connectivity index (χ0) is 20.4. The largest absolute Gasteiger partial charge is 0.439 e. The van der Waals surface area contributed by atoms with Crippen molar-refractivity contribution >= 4 is 16.7 Å². The number of pyridine rings is 2. The third-order valence-corrected chi connectivity index (χ3v) is 4.51. The van der Waals surface area contributed by atoms with Gasteiger partial charge in [-0.1, -0.05) is 6.07 Å². The van der Waals surface area contributed by atoms with E-state index >= 15 is 0 Å². The Bertz CT molecular complexity index is 1030. The molecule has 0 amide bonds. The fourth-order valence-corrected chi connectivity index (χ4v) is 3.02. The fraction of sp³-hybridized carbons (Fsp3) is 0.250. The number of Topliss-reactive ketones (excluding diaryl/α,β-unsaturated/α-hetero) is 1. The Morgan fingerprint density at radius 2 is 1.86 bits per heavy atom. The molecule has 6 nitrogen and oxygen atoms in total. The number of aromatic nitrogens is 2. The third-order valence-electron chi connectivity index (χ3n) is 4.51. The van der Waals surface area contributed by atoms with Gasteiger partial charge < -0.3 is 4.74 Å². The van der Waals surface area contributed by atoms with E-state index in [1.54, 1.807) is 30.3 Å². The zero-order valence-electron chi connectivity index (χ0n) is 15.2. The molecule has 150 valence electrons. The lowest BCUT2D eigenvalue weighted by Gasteiger charge is -2.23. The second-order valence-corrected chi connectivity index (χ2v) is 6.59. The smallest absolute Gasteiger partial charge is 0.417 e. The highest BCUT2D eigenvalue weighted by molar-refractivity contribution is 6.00. The maximum absolute atomic E-state index is 12.6. The van der Waals surface area contributed by atoms with Gasteiger partial charge in [-0.3, -0.25) is 15.4 Å². The van der Waals surface area contributed by atoms with Gasteiger partial charge in [0.1, 0.15) is 17.6 Å². The maximum Gasteiger partial charge on any atom is 0.417 e. The standard InChI is InChI=1S/C20H17F3N4O2/c21-20(22,23)13-3-7-17(26-11-13)29-14-4-6-15-12(10-14)2-5-16(27-15)18(28)19-24-8-1-9-25-19/h2-7,10-11,19,24-25H,1,8-9H2. The Balaban J connectivity index is 1.51. The molecule has 0 spiro atoms. The topological polar surface area (TPSA) is 76.1 Å². The molecule has 3 aromatic rings. The summed E-state index contributed by atoms with van der Waals surface area (Å²) in [6.07, 6.45) is -3.20. The lowest BCUT2D eigenvalue weighted by molar-refractivity contribution is -0.137. The van der Waals surface area contributed by atoms with Gasteiger partial charge >= 0.3 is 6.18 Å². The number of alkyl halides is 3. The SMILES string of the molecule is O=C(c1ccc2cc(Oc3ccc(C(F)(F)F)cn3)ccc2n1)C1NCCCN1. The van der Waals surface area contributed by atoms with Crippen molar-refractivity contribution in [3.05, 3.63) is 59.9 Å². The van der Waals surface area contributed by atoms with Crippen LogP contribution in [0.15, 0.2) is 48.7 Å². The number of ether oxygens (including phenoxy) is 1. The number of hydrogen-bond acceptors (Lipinski definition) is 6. The highest BCUT2D eigenvalue weighted by Crippen LogP contribution is 2.30. The summed E-state index contributed by atoms with van der Waals surface area (Å²) in [5.41, 5.74) is 0.119. The monoisotopic (exact) mass is 402 g/mol. The van der Waals surface area contributed by atoms with Crippen molar-refractivity contribution in [2.24, 2.45) is 0 Å². The molecule has 29 heavy (non-hydrogen) atoms. The molecule has 1 aromatic carbocycles. The van der Waals surface area contributed by atoms with E-state index < -0.39 is 17.9 Å². The minimum atomic E-state index is -4.45. The number of ketones is 1. The summed E-state index contributed by atoms with van der Waals surface area (Å²) < 4.78 is 43.4. The number of fused-ring (bicyclic) bond motifs is 1. The van der Waals surface area contributed by atoms with E-state index in [1.807, 2.05) is 0 Å². The van der Waals surface area contributed by atoms with Gasteiger partial charge in [0.2, 0.25) is 11.7 Å². The molecule has 0 atom stereocenters. The summed E-state index contributed by atoms with van der Waals surface area (Å²) in [4.78, 5) is 20.7. The predicted molar refractivity (Wildman–Crippen MR) is 99.8 cm³/mol. The fourth-order valence-electron chi connectivity index (χ4n) is 3.02. The molecule has 0 bridgehead atoms. The summed E-state index contributed by atoms with van der Waals surface area (Å²) in [6.45, 7) is 1.55. The third kappa shape index (κ3) is 4.36. The normalized spacial score (nSPS) is 15.4. The molecule has 0 radical (unpaired) electrons. The van der Waals surface area contributed by atoms with Crippen molar-refractivity contribution in [2.45, 2.75) is 18.8 Å². The van der Waals surface area contributed by atoms with E-state index in [0.717, 1.165) is 43.2 Å². The molecule has 4 rings (SSSR count). The summed E-state index contributed by atoms with van der Waals surface area (Å²) in [6, 6.07) is 10.5. The Kier molecular flexibility index (Phi) is 5.16. The van der Waals surface area contributed by atoms with Crippen LogP contribution >= 0.6 is 0 Å². The minimum Gasteiger partial charge on any atom is -0.439 e. The molecular weight excluding hydrogens is 385 g/mol. The summed E-state index contributed by atoms with van der Waals surface area (Å²) in [7, 11) is 0. The van der Waals surface area contributed by atoms with Crippen molar-refractivity contribution in [2.75, 3.05) is 13.1 Å². The number of carbonyl (C=O) groups excluding carboxylic acids is 1. The lowest BCUT2D eigenvalue weighted by Crippen LogP contribution is -2.53. The van der Waals surface area contributed by atoms with Crippen LogP contribution in [-0.2, 0) is 6.18 Å². The van der Waals surface area contributed by atoms with E-state index in [2.05, 4.69) is 20.6 Å². The van der Waals surface area contributed by atoms with Crippen LogP contribution in [0.2, 0.25) is 0 Å². The summed E-state index contributed by atoms with van der Waals surface area (Å²) >= 11 is 0. The molecule has 1 fully saturated rings. The minimum absolute atomic E-state index is 0.0477. The van der Waals surface area contributed by atoms with E-state index in [-0.39, 0.29) is 11.7 Å². The average molecular weight is 402 g/mol. The first kappa shape index (κ1) is 19.3. The predicted octanol–water partition coefficient (Wildman–Crippen LogP) is 3.53. The van der Waals surface area contributed by atoms with Gasteiger partial charge in [-0.25, -0.2) is 9.97 Å². The molecule has 2 N–H and O–H groups in total. The first-order valence-electron chi connectivity index (χ1n) is 9.03. The van der Waals surface area contributed by atoms with Crippen LogP contribution in [0.1, 0.15) is 22.5 Å². The number of halogens is 3. The number of benzene rings is 1. The van der Waals surface area contributed by atoms with Gasteiger partial charge in [-0.05, 0) is 49.8 Å². The number of nitrogens with zero attached hydrogens (tertiary/aromatic N) is 2. The molecule has 0 aliphatic carbocycles. The average Bonchev–Trinajstić information content (AvgIpc) is 2.73. The highest BCUT2D eigenvalue weighted by atomic mass is 19.4. The molecule has 0 unspecified atom stereocenters. The quantitative estimate of drug-likeness (QED) is 0.651. The summed E-state index contributed by atoms with van der Waals surface area (Å²) in [5, 5.41) is 6.97. The van der Waals surface area contributed by atoms with E-state index in [1.165, 1.54) is 0 Å². The van der Waals surface area contributed by atoms with E-state index in [4.69, 9.17) is 4.74 Å². The van der Waals surface area contributed by atoms with Gasteiger partial charge in [0.05, 0.1) is 11.1 Å². The van der Waals surface area contributed by atoms with Crippen LogP contribution in [-0.4, -0.2) is 35.0 Å². The molecule has 3 heterocycles. The molecule has 1 aliphatic rings. The van der Waals surface area contributed by atoms with Gasteiger partial charge in [0, 0.05) is 17.6 Å². The zero-order valence-corrected chi connectivity index (χ0v) is 15.2.